The number of aromatic nitrogens is 1. The van der Waals surface area contributed by atoms with E-state index in [9.17, 15) is 0 Å². The number of hydrogen-bond acceptors (Lipinski definition) is 1. The van der Waals surface area contributed by atoms with Crippen molar-refractivity contribution < 1.29 is 0 Å². The average molecular weight is 871 g/mol. The van der Waals surface area contributed by atoms with E-state index in [1.807, 2.05) is 0 Å². The molecule has 0 N–H and O–H groups in total. The summed E-state index contributed by atoms with van der Waals surface area (Å²) in [7, 11) is 0. The molecule has 68 heavy (non-hydrogen) atoms. The van der Waals surface area contributed by atoms with Crippen LogP contribution in [0.4, 0.5) is 17.1 Å². The van der Waals surface area contributed by atoms with Crippen molar-refractivity contribution in [1.29, 1.82) is 0 Å². The second kappa shape index (κ2) is 16.9. The highest BCUT2D eigenvalue weighted by Crippen LogP contribution is 2.51. The molecule has 0 radical (unpaired) electrons. The molecule has 11 aromatic carbocycles. The van der Waals surface area contributed by atoms with E-state index in [4.69, 9.17) is 0 Å². The molecule has 1 aromatic heterocycles. The van der Waals surface area contributed by atoms with Gasteiger partial charge in [0.15, 0.2) is 0 Å². The smallest absolute Gasteiger partial charge is 0.0547 e. The largest absolute Gasteiger partial charge is 0.309 e. The summed E-state index contributed by atoms with van der Waals surface area (Å²) in [6, 6.07) is 88.0. The quantitative estimate of drug-likeness (QED) is 0.138. The first kappa shape index (κ1) is 40.1. The van der Waals surface area contributed by atoms with Gasteiger partial charge in [-0.1, -0.05) is 213 Å². The second-order valence-electron chi connectivity index (χ2n) is 18.6. The van der Waals surface area contributed by atoms with Gasteiger partial charge in [-0.2, -0.15) is 0 Å². The average Bonchev–Trinajstić information content (AvgIpc) is 3.75. The number of nitrogens with zero attached hydrogens (tertiary/aromatic N) is 2. The molecule has 1 aliphatic rings. The fraction of sp³-hybridized carbons (Fsp3) is 0.0909. The highest BCUT2D eigenvalue weighted by atomic mass is 15.1. The lowest BCUT2D eigenvalue weighted by Gasteiger charge is -2.32. The number of benzene rings is 11. The molecule has 0 atom stereocenters. The van der Waals surface area contributed by atoms with Gasteiger partial charge in [-0.05, 0) is 116 Å². The standard InChI is InChI=1S/C66H50N2/c1-3-20-45(21-4-1)52-32-17-23-47-24-18-35-60(66(47)52)58-31-12-16-39-64(58)68(63-38-15-10-29-56(63)54-34-19-33-53-50-27-8-7-22-46(50)40-42-55(53)54)61-36-13-9-28-51(61)48-41-43-59-57-30-11-14-37-62(57)67(65(59)44-48)49-25-5-2-6-26-49/h2,5-19,22-45H,1,3-4,20-21H2. The summed E-state index contributed by atoms with van der Waals surface area (Å²) >= 11 is 0. The first-order valence-electron chi connectivity index (χ1n) is 24.4. The Kier molecular flexibility index (Phi) is 9.97. The van der Waals surface area contributed by atoms with Crippen LogP contribution in [0, 0.1) is 0 Å². The van der Waals surface area contributed by atoms with E-state index in [2.05, 4.69) is 246 Å². The predicted octanol–water partition coefficient (Wildman–Crippen LogP) is 18.8. The van der Waals surface area contributed by atoms with Crippen LogP contribution in [-0.4, -0.2) is 4.57 Å². The molecule has 1 saturated carbocycles. The van der Waals surface area contributed by atoms with Crippen molar-refractivity contribution in [1.82, 2.24) is 4.57 Å². The highest BCUT2D eigenvalue weighted by molar-refractivity contribution is 6.14. The molecule has 0 amide bonds. The Labute approximate surface area is 398 Å². The van der Waals surface area contributed by atoms with Crippen LogP contribution >= 0.6 is 0 Å². The van der Waals surface area contributed by atoms with Crippen molar-refractivity contribution in [3.8, 4) is 39.1 Å². The van der Waals surface area contributed by atoms with Crippen LogP contribution in [0.3, 0.4) is 0 Å². The number of anilines is 3. The number of para-hydroxylation sites is 5. The van der Waals surface area contributed by atoms with Crippen LogP contribution in [0.25, 0.3) is 93.2 Å². The minimum atomic E-state index is 0.558. The fourth-order valence-electron chi connectivity index (χ4n) is 11.7. The topological polar surface area (TPSA) is 8.17 Å². The maximum atomic E-state index is 2.57. The molecular weight excluding hydrogens is 821 g/mol. The van der Waals surface area contributed by atoms with Crippen LogP contribution in [0.1, 0.15) is 43.6 Å². The van der Waals surface area contributed by atoms with E-state index in [-0.39, 0.29) is 0 Å². The molecule has 0 unspecified atom stereocenters. The zero-order chi connectivity index (χ0) is 45.0. The van der Waals surface area contributed by atoms with Crippen molar-refractivity contribution in [2.24, 2.45) is 0 Å². The predicted molar refractivity (Wildman–Crippen MR) is 290 cm³/mol. The van der Waals surface area contributed by atoms with Crippen LogP contribution < -0.4 is 4.90 Å². The van der Waals surface area contributed by atoms with Gasteiger partial charge in [0.05, 0.1) is 28.1 Å². The van der Waals surface area contributed by atoms with Crippen molar-refractivity contribution in [2.45, 2.75) is 38.0 Å². The molecule has 2 nitrogen and oxygen atoms in total. The lowest BCUT2D eigenvalue weighted by atomic mass is 9.80. The Hall–Kier alpha value is -8.20. The summed E-state index contributed by atoms with van der Waals surface area (Å²) in [6.07, 6.45) is 6.41. The van der Waals surface area contributed by atoms with Crippen LogP contribution in [0.2, 0.25) is 0 Å². The van der Waals surface area contributed by atoms with E-state index in [0.29, 0.717) is 5.92 Å². The van der Waals surface area contributed by atoms with E-state index in [1.54, 1.807) is 0 Å². The normalized spacial score (nSPS) is 13.2. The molecular formula is C66H50N2. The third-order valence-corrected chi connectivity index (χ3v) is 14.8. The van der Waals surface area contributed by atoms with Crippen molar-refractivity contribution in [3.63, 3.8) is 0 Å². The summed E-state index contributed by atoms with van der Waals surface area (Å²) in [5, 5.41) is 10.2. The summed E-state index contributed by atoms with van der Waals surface area (Å²) in [5.41, 5.74) is 15.6. The minimum Gasteiger partial charge on any atom is -0.309 e. The van der Waals surface area contributed by atoms with E-state index in [0.717, 1.165) is 33.9 Å². The number of hydrogen-bond donors (Lipinski definition) is 0. The molecule has 1 heterocycles. The third-order valence-electron chi connectivity index (χ3n) is 14.8. The van der Waals surface area contributed by atoms with Crippen molar-refractivity contribution >= 4 is 71.2 Å². The fourth-order valence-corrected chi connectivity index (χ4v) is 11.7. The van der Waals surface area contributed by atoms with Gasteiger partial charge in [-0.15, -0.1) is 0 Å². The van der Waals surface area contributed by atoms with Gasteiger partial charge in [-0.3, -0.25) is 0 Å². The minimum absolute atomic E-state index is 0.558. The van der Waals surface area contributed by atoms with E-state index in [1.165, 1.54) is 114 Å². The molecule has 0 aliphatic heterocycles. The van der Waals surface area contributed by atoms with Crippen LogP contribution in [0.5, 0.6) is 0 Å². The maximum Gasteiger partial charge on any atom is 0.0547 e. The second-order valence-corrected chi connectivity index (χ2v) is 18.6. The lowest BCUT2D eigenvalue weighted by Crippen LogP contribution is -2.14. The monoisotopic (exact) mass is 870 g/mol. The summed E-state index contributed by atoms with van der Waals surface area (Å²) in [4.78, 5) is 2.57. The molecule has 13 rings (SSSR count). The molecule has 12 aromatic rings. The maximum absolute atomic E-state index is 2.57. The Morgan fingerprint density at radius 3 is 1.68 bits per heavy atom. The van der Waals surface area contributed by atoms with E-state index < -0.39 is 0 Å². The SMILES string of the molecule is c1ccc(-n2c3ccccc3c3ccc(-c4ccccc4N(c4ccccc4-c4cccc5c4ccc4ccccc45)c4ccccc4-c4cccc5cccc(C6CCCCC6)c45)cc32)cc1. The zero-order valence-electron chi connectivity index (χ0n) is 38.0. The molecule has 1 fully saturated rings. The molecule has 324 valence electrons. The van der Waals surface area contributed by atoms with Gasteiger partial charge in [-0.25, -0.2) is 0 Å². The van der Waals surface area contributed by atoms with Gasteiger partial charge in [0.2, 0.25) is 0 Å². The van der Waals surface area contributed by atoms with Crippen molar-refractivity contribution in [2.75, 3.05) is 4.90 Å². The Morgan fingerprint density at radius 1 is 0.338 bits per heavy atom. The summed E-state index contributed by atoms with van der Waals surface area (Å²) < 4.78 is 2.42. The summed E-state index contributed by atoms with van der Waals surface area (Å²) in [6.45, 7) is 0. The molecule has 2 heteroatoms. The highest BCUT2D eigenvalue weighted by Gasteiger charge is 2.26. The van der Waals surface area contributed by atoms with Crippen LogP contribution in [-0.2, 0) is 0 Å². The van der Waals surface area contributed by atoms with E-state index >= 15 is 0 Å². The Morgan fingerprint density at radius 2 is 0.882 bits per heavy atom. The zero-order valence-corrected chi connectivity index (χ0v) is 38.0. The van der Waals surface area contributed by atoms with Gasteiger partial charge >= 0.3 is 0 Å². The summed E-state index contributed by atoms with van der Waals surface area (Å²) in [5.74, 6) is 0.558. The Bertz CT molecular complexity index is 3850. The van der Waals surface area contributed by atoms with Gasteiger partial charge in [0, 0.05) is 33.2 Å². The first-order chi connectivity index (χ1) is 33.8. The third kappa shape index (κ3) is 6.70. The van der Waals surface area contributed by atoms with Gasteiger partial charge < -0.3 is 9.47 Å². The lowest BCUT2D eigenvalue weighted by molar-refractivity contribution is 0.445. The van der Waals surface area contributed by atoms with Crippen molar-refractivity contribution in [3.05, 3.63) is 242 Å². The molecule has 0 saturated heterocycles. The van der Waals surface area contributed by atoms with Gasteiger partial charge in [0.25, 0.3) is 0 Å². The molecule has 1 aliphatic carbocycles. The molecule has 0 spiro atoms. The number of fused-ring (bicyclic) bond motifs is 7. The molecule has 0 bridgehead atoms. The first-order valence-corrected chi connectivity index (χ1v) is 24.4. The number of rotatable bonds is 8. The van der Waals surface area contributed by atoms with Crippen LogP contribution in [0.15, 0.2) is 237 Å². The van der Waals surface area contributed by atoms with Gasteiger partial charge in [0.1, 0.15) is 0 Å². The Balaban J connectivity index is 1.09.